The molecule has 0 aliphatic carbocycles. The third kappa shape index (κ3) is 2.63. The van der Waals surface area contributed by atoms with E-state index in [4.69, 9.17) is 0 Å². The van der Waals surface area contributed by atoms with Crippen LogP contribution in [0.15, 0.2) is 24.8 Å². The van der Waals surface area contributed by atoms with Crippen molar-refractivity contribution in [2.24, 2.45) is 7.05 Å². The van der Waals surface area contributed by atoms with Crippen LogP contribution in [0.1, 0.15) is 31.2 Å². The van der Waals surface area contributed by atoms with Crippen LogP contribution in [0.5, 0.6) is 0 Å². The third-order valence-corrected chi connectivity index (χ3v) is 4.42. The molecule has 0 unspecified atom stereocenters. The molecule has 0 saturated carbocycles. The lowest BCUT2D eigenvalue weighted by molar-refractivity contribution is 0.316. The predicted molar refractivity (Wildman–Crippen MR) is 78.6 cm³/mol. The Morgan fingerprint density at radius 2 is 2.15 bits per heavy atom. The highest BCUT2D eigenvalue weighted by Gasteiger charge is 2.31. The molecule has 1 aliphatic heterocycles. The Morgan fingerprint density at radius 3 is 2.85 bits per heavy atom. The quantitative estimate of drug-likeness (QED) is 0.918. The highest BCUT2D eigenvalue weighted by molar-refractivity contribution is 5.16. The molecule has 0 amide bonds. The average Bonchev–Trinajstić information content (AvgIpc) is 3.06. The summed E-state index contributed by atoms with van der Waals surface area (Å²) in [6, 6.07) is 2.09. The standard InChI is InChI=1S/C15H23N5/c1-15(5-7-16-8-6-15)14-11-17-12-20(14)10-4-13-3-9-19(2)18-13/h3,9,11-12,16H,4-8,10H2,1-2H3. The van der Waals surface area contributed by atoms with Crippen LogP contribution in [0.3, 0.4) is 0 Å². The molecule has 0 atom stereocenters. The van der Waals surface area contributed by atoms with Crippen LogP contribution < -0.4 is 5.32 Å². The van der Waals surface area contributed by atoms with E-state index in [0.29, 0.717) is 0 Å². The molecule has 0 bridgehead atoms. The molecule has 2 aromatic heterocycles. The molecule has 0 aromatic carbocycles. The fraction of sp³-hybridized carbons (Fsp3) is 0.600. The zero-order valence-corrected chi connectivity index (χ0v) is 12.3. The van der Waals surface area contributed by atoms with Gasteiger partial charge in [0.1, 0.15) is 0 Å². The lowest BCUT2D eigenvalue weighted by Crippen LogP contribution is -2.39. The van der Waals surface area contributed by atoms with Gasteiger partial charge in [0.2, 0.25) is 0 Å². The number of imidazole rings is 1. The fourth-order valence-corrected chi connectivity index (χ4v) is 3.07. The maximum Gasteiger partial charge on any atom is 0.0948 e. The summed E-state index contributed by atoms with van der Waals surface area (Å²) in [7, 11) is 1.96. The van der Waals surface area contributed by atoms with Crippen LogP contribution in [0, 0.1) is 0 Å². The van der Waals surface area contributed by atoms with Gasteiger partial charge < -0.3 is 9.88 Å². The third-order valence-electron chi connectivity index (χ3n) is 4.42. The Bertz CT molecular complexity index is 562. The number of nitrogens with one attached hydrogen (secondary N) is 1. The molecular weight excluding hydrogens is 250 g/mol. The number of hydrogen-bond acceptors (Lipinski definition) is 3. The van der Waals surface area contributed by atoms with Gasteiger partial charge in [-0.05, 0) is 32.0 Å². The minimum atomic E-state index is 0.256. The molecule has 1 aliphatic rings. The van der Waals surface area contributed by atoms with E-state index in [1.807, 2.05) is 30.5 Å². The smallest absolute Gasteiger partial charge is 0.0948 e. The van der Waals surface area contributed by atoms with Crippen molar-refractivity contribution in [3.8, 4) is 0 Å². The second-order valence-electron chi connectivity index (χ2n) is 6.01. The number of nitrogens with zero attached hydrogens (tertiary/aromatic N) is 4. The summed E-state index contributed by atoms with van der Waals surface area (Å²) in [5.41, 5.74) is 2.77. The molecule has 0 spiro atoms. The Kier molecular flexibility index (Phi) is 3.61. The zero-order chi connectivity index (χ0) is 14.0. The normalized spacial score (nSPS) is 18.3. The first-order chi connectivity index (χ1) is 9.67. The van der Waals surface area contributed by atoms with E-state index in [0.717, 1.165) is 31.7 Å². The van der Waals surface area contributed by atoms with Gasteiger partial charge in [-0.2, -0.15) is 5.10 Å². The van der Waals surface area contributed by atoms with E-state index in [2.05, 4.69) is 33.0 Å². The SMILES string of the molecule is Cn1ccc(CCn2cncc2C2(C)CCNCC2)n1. The highest BCUT2D eigenvalue weighted by Crippen LogP contribution is 2.32. The van der Waals surface area contributed by atoms with E-state index in [1.165, 1.54) is 18.5 Å². The topological polar surface area (TPSA) is 47.7 Å². The van der Waals surface area contributed by atoms with E-state index in [1.54, 1.807) is 0 Å². The van der Waals surface area contributed by atoms with Crippen molar-refractivity contribution in [3.05, 3.63) is 36.2 Å². The maximum atomic E-state index is 4.44. The van der Waals surface area contributed by atoms with Crippen molar-refractivity contribution in [2.45, 2.75) is 38.1 Å². The lowest BCUT2D eigenvalue weighted by atomic mass is 9.78. The summed E-state index contributed by atoms with van der Waals surface area (Å²) in [5, 5.41) is 7.88. The van der Waals surface area contributed by atoms with Crippen molar-refractivity contribution in [1.29, 1.82) is 0 Å². The van der Waals surface area contributed by atoms with Crippen LogP contribution in [0.25, 0.3) is 0 Å². The summed E-state index contributed by atoms with van der Waals surface area (Å²) in [4.78, 5) is 4.38. The molecule has 1 N–H and O–H groups in total. The summed E-state index contributed by atoms with van der Waals surface area (Å²) in [6.45, 7) is 5.52. The van der Waals surface area contributed by atoms with E-state index in [-0.39, 0.29) is 5.41 Å². The summed E-state index contributed by atoms with van der Waals surface area (Å²) >= 11 is 0. The summed E-state index contributed by atoms with van der Waals surface area (Å²) in [5.74, 6) is 0. The van der Waals surface area contributed by atoms with E-state index >= 15 is 0 Å². The monoisotopic (exact) mass is 273 g/mol. The Morgan fingerprint density at radius 1 is 1.35 bits per heavy atom. The largest absolute Gasteiger partial charge is 0.334 e. The lowest BCUT2D eigenvalue weighted by Gasteiger charge is -2.34. The van der Waals surface area contributed by atoms with E-state index in [9.17, 15) is 0 Å². The van der Waals surface area contributed by atoms with Gasteiger partial charge in [0.15, 0.2) is 0 Å². The van der Waals surface area contributed by atoms with Gasteiger partial charge in [0.05, 0.1) is 12.0 Å². The zero-order valence-electron chi connectivity index (χ0n) is 12.3. The molecule has 0 radical (unpaired) electrons. The van der Waals surface area contributed by atoms with Gasteiger partial charge >= 0.3 is 0 Å². The first-order valence-electron chi connectivity index (χ1n) is 7.37. The van der Waals surface area contributed by atoms with Crippen molar-refractivity contribution in [1.82, 2.24) is 24.6 Å². The molecule has 20 heavy (non-hydrogen) atoms. The number of aryl methyl sites for hydroxylation is 3. The van der Waals surface area contributed by atoms with Crippen molar-refractivity contribution < 1.29 is 0 Å². The molecule has 3 rings (SSSR count). The van der Waals surface area contributed by atoms with Crippen LogP contribution in [-0.2, 0) is 25.4 Å². The molecular formula is C15H23N5. The molecule has 5 nitrogen and oxygen atoms in total. The molecule has 108 valence electrons. The first kappa shape index (κ1) is 13.4. The van der Waals surface area contributed by atoms with Crippen LogP contribution in [0.2, 0.25) is 0 Å². The fourth-order valence-electron chi connectivity index (χ4n) is 3.07. The number of piperidine rings is 1. The minimum absolute atomic E-state index is 0.256. The average molecular weight is 273 g/mol. The second-order valence-corrected chi connectivity index (χ2v) is 6.01. The van der Waals surface area contributed by atoms with Crippen LogP contribution >= 0.6 is 0 Å². The van der Waals surface area contributed by atoms with Gasteiger partial charge in [0, 0.05) is 43.5 Å². The Labute approximate surface area is 120 Å². The van der Waals surface area contributed by atoms with Crippen molar-refractivity contribution >= 4 is 0 Å². The first-order valence-corrected chi connectivity index (χ1v) is 7.37. The maximum absolute atomic E-state index is 4.44. The van der Waals surface area contributed by atoms with Crippen LogP contribution in [-0.4, -0.2) is 32.4 Å². The molecule has 5 heteroatoms. The van der Waals surface area contributed by atoms with Gasteiger partial charge in [0.25, 0.3) is 0 Å². The minimum Gasteiger partial charge on any atom is -0.334 e. The number of aromatic nitrogens is 4. The summed E-state index contributed by atoms with van der Waals surface area (Å²) < 4.78 is 4.16. The highest BCUT2D eigenvalue weighted by atomic mass is 15.2. The summed E-state index contributed by atoms with van der Waals surface area (Å²) in [6.07, 6.45) is 9.33. The molecule has 2 aromatic rings. The molecule has 1 saturated heterocycles. The van der Waals surface area contributed by atoms with Gasteiger partial charge in [-0.1, -0.05) is 6.92 Å². The van der Waals surface area contributed by atoms with Crippen molar-refractivity contribution in [2.75, 3.05) is 13.1 Å². The van der Waals surface area contributed by atoms with Crippen molar-refractivity contribution in [3.63, 3.8) is 0 Å². The van der Waals surface area contributed by atoms with Gasteiger partial charge in [-0.3, -0.25) is 4.68 Å². The molecule has 1 fully saturated rings. The Hall–Kier alpha value is -1.62. The van der Waals surface area contributed by atoms with Gasteiger partial charge in [-0.25, -0.2) is 4.98 Å². The predicted octanol–water partition coefficient (Wildman–Crippen LogP) is 1.50. The van der Waals surface area contributed by atoms with Gasteiger partial charge in [-0.15, -0.1) is 0 Å². The number of rotatable bonds is 4. The Balaban J connectivity index is 1.73. The number of hydrogen-bond donors (Lipinski definition) is 1. The molecule has 3 heterocycles. The second kappa shape index (κ2) is 5.40. The van der Waals surface area contributed by atoms with E-state index < -0.39 is 0 Å². The van der Waals surface area contributed by atoms with Crippen LogP contribution in [0.4, 0.5) is 0 Å².